The molecule has 3 rings (SSSR count). The molecule has 0 amide bonds. The molecule has 5 heteroatoms. The summed E-state index contributed by atoms with van der Waals surface area (Å²) in [6.07, 6.45) is 3.78. The molecular weight excluding hydrogens is 230 g/mol. The highest BCUT2D eigenvalue weighted by Crippen LogP contribution is 2.39. The summed E-state index contributed by atoms with van der Waals surface area (Å²) in [6.45, 7) is 3.94. The summed E-state index contributed by atoms with van der Waals surface area (Å²) in [7, 11) is 0. The topological polar surface area (TPSA) is 67.5 Å². The summed E-state index contributed by atoms with van der Waals surface area (Å²) in [4.78, 5) is 15.4. The van der Waals surface area contributed by atoms with Crippen LogP contribution in [0.1, 0.15) is 60.3 Å². The van der Waals surface area contributed by atoms with Crippen molar-refractivity contribution in [3.05, 3.63) is 29.2 Å². The molecule has 0 spiro atoms. The van der Waals surface area contributed by atoms with Crippen LogP contribution in [0.5, 0.6) is 0 Å². The maximum absolute atomic E-state index is 11.2. The molecule has 2 aromatic rings. The molecule has 1 aliphatic rings. The molecule has 94 valence electrons. The van der Waals surface area contributed by atoms with Crippen molar-refractivity contribution in [3.63, 3.8) is 0 Å². The van der Waals surface area contributed by atoms with Gasteiger partial charge in [-0.3, -0.25) is 0 Å². The number of aromatic carboxylic acids is 1. The number of aromatic nitrogens is 3. The fourth-order valence-corrected chi connectivity index (χ4v) is 2.27. The van der Waals surface area contributed by atoms with E-state index in [0.29, 0.717) is 5.92 Å². The van der Waals surface area contributed by atoms with Gasteiger partial charge in [0, 0.05) is 18.2 Å². The van der Waals surface area contributed by atoms with Crippen LogP contribution < -0.4 is 0 Å². The number of carboxylic acid groups (broad SMARTS) is 1. The zero-order valence-electron chi connectivity index (χ0n) is 10.4. The molecule has 0 aliphatic heterocycles. The van der Waals surface area contributed by atoms with E-state index in [9.17, 15) is 9.90 Å². The van der Waals surface area contributed by atoms with Gasteiger partial charge in [0.05, 0.1) is 17.0 Å². The Morgan fingerprint density at radius 1 is 1.50 bits per heavy atom. The molecule has 2 heterocycles. The number of fused-ring (bicyclic) bond motifs is 1. The molecule has 1 saturated carbocycles. The minimum absolute atomic E-state index is 0.0913. The molecule has 0 aromatic carbocycles. The van der Waals surface area contributed by atoms with Crippen molar-refractivity contribution in [3.8, 4) is 0 Å². The SMILES string of the molecule is CC(C)c1c(C(=O)O)cnc2cc(C3CC3)nn12. The first-order chi connectivity index (χ1) is 8.58. The van der Waals surface area contributed by atoms with Crippen LogP contribution in [-0.2, 0) is 0 Å². The van der Waals surface area contributed by atoms with Crippen LogP contribution in [0.25, 0.3) is 5.65 Å². The van der Waals surface area contributed by atoms with Crippen LogP contribution in [0.2, 0.25) is 0 Å². The summed E-state index contributed by atoms with van der Waals surface area (Å²) < 4.78 is 1.70. The van der Waals surface area contributed by atoms with E-state index >= 15 is 0 Å². The van der Waals surface area contributed by atoms with E-state index in [0.717, 1.165) is 17.0 Å². The Morgan fingerprint density at radius 2 is 2.22 bits per heavy atom. The van der Waals surface area contributed by atoms with Gasteiger partial charge in [0.1, 0.15) is 0 Å². The molecule has 18 heavy (non-hydrogen) atoms. The number of carboxylic acids is 1. The van der Waals surface area contributed by atoms with Crippen LogP contribution in [0, 0.1) is 0 Å². The lowest BCUT2D eigenvalue weighted by Gasteiger charge is -2.11. The first-order valence-electron chi connectivity index (χ1n) is 6.19. The van der Waals surface area contributed by atoms with Gasteiger partial charge >= 0.3 is 5.97 Å². The highest BCUT2D eigenvalue weighted by atomic mass is 16.4. The van der Waals surface area contributed by atoms with Crippen molar-refractivity contribution in [1.82, 2.24) is 14.6 Å². The fourth-order valence-electron chi connectivity index (χ4n) is 2.27. The molecule has 1 N–H and O–H groups in total. The van der Waals surface area contributed by atoms with Gasteiger partial charge < -0.3 is 5.11 Å². The third-order valence-electron chi connectivity index (χ3n) is 3.31. The lowest BCUT2D eigenvalue weighted by Crippen LogP contribution is -2.11. The maximum Gasteiger partial charge on any atom is 0.339 e. The first kappa shape index (κ1) is 11.2. The summed E-state index contributed by atoms with van der Waals surface area (Å²) in [6, 6.07) is 1.97. The quantitative estimate of drug-likeness (QED) is 0.901. The minimum atomic E-state index is -0.948. The van der Waals surface area contributed by atoms with Crippen LogP contribution in [0.15, 0.2) is 12.3 Å². The van der Waals surface area contributed by atoms with Gasteiger partial charge in [-0.15, -0.1) is 0 Å². The van der Waals surface area contributed by atoms with Crippen LogP contribution in [0.3, 0.4) is 0 Å². The molecule has 0 saturated heterocycles. The largest absolute Gasteiger partial charge is 0.478 e. The zero-order valence-corrected chi connectivity index (χ0v) is 10.4. The predicted molar refractivity (Wildman–Crippen MR) is 66.0 cm³/mol. The highest BCUT2D eigenvalue weighted by molar-refractivity contribution is 5.89. The average Bonchev–Trinajstić information content (AvgIpc) is 3.06. The second-order valence-electron chi connectivity index (χ2n) is 5.13. The van der Waals surface area contributed by atoms with E-state index < -0.39 is 5.97 Å². The molecule has 5 nitrogen and oxygen atoms in total. The Morgan fingerprint density at radius 3 is 2.78 bits per heavy atom. The van der Waals surface area contributed by atoms with Crippen LogP contribution in [0.4, 0.5) is 0 Å². The summed E-state index contributed by atoms with van der Waals surface area (Å²) in [5.74, 6) is -0.315. The second kappa shape index (κ2) is 3.80. The molecule has 0 unspecified atom stereocenters. The second-order valence-corrected chi connectivity index (χ2v) is 5.13. The fraction of sp³-hybridized carbons (Fsp3) is 0.462. The van der Waals surface area contributed by atoms with E-state index in [1.54, 1.807) is 4.52 Å². The predicted octanol–water partition coefficient (Wildman–Crippen LogP) is 2.43. The summed E-state index contributed by atoms with van der Waals surface area (Å²) in [5.41, 5.74) is 2.74. The zero-order chi connectivity index (χ0) is 12.9. The van der Waals surface area contributed by atoms with Crippen molar-refractivity contribution in [2.75, 3.05) is 0 Å². The lowest BCUT2D eigenvalue weighted by molar-refractivity contribution is 0.0694. The maximum atomic E-state index is 11.2. The van der Waals surface area contributed by atoms with Crippen LogP contribution >= 0.6 is 0 Å². The third-order valence-corrected chi connectivity index (χ3v) is 3.31. The number of carbonyl (C=O) groups is 1. The van der Waals surface area contributed by atoms with E-state index in [1.807, 2.05) is 19.9 Å². The van der Waals surface area contributed by atoms with Gasteiger partial charge in [0.15, 0.2) is 5.65 Å². The number of rotatable bonds is 3. The van der Waals surface area contributed by atoms with E-state index in [-0.39, 0.29) is 11.5 Å². The van der Waals surface area contributed by atoms with Crippen molar-refractivity contribution in [1.29, 1.82) is 0 Å². The minimum Gasteiger partial charge on any atom is -0.478 e. The Kier molecular flexibility index (Phi) is 2.36. The normalized spacial score (nSPS) is 15.5. The standard InChI is InChI=1S/C13H15N3O2/c1-7(2)12-9(13(17)18)6-14-11-5-10(8-3-4-8)15-16(11)12/h5-8H,3-4H2,1-2H3,(H,17,18). The summed E-state index contributed by atoms with van der Waals surface area (Å²) >= 11 is 0. The van der Waals surface area contributed by atoms with Crippen molar-refractivity contribution >= 4 is 11.6 Å². The van der Waals surface area contributed by atoms with E-state index in [2.05, 4.69) is 10.1 Å². The smallest absolute Gasteiger partial charge is 0.339 e. The van der Waals surface area contributed by atoms with Gasteiger partial charge in [-0.1, -0.05) is 13.8 Å². The van der Waals surface area contributed by atoms with Gasteiger partial charge in [-0.2, -0.15) is 5.10 Å². The lowest BCUT2D eigenvalue weighted by atomic mass is 10.1. The van der Waals surface area contributed by atoms with Crippen LogP contribution in [-0.4, -0.2) is 25.7 Å². The molecule has 0 bridgehead atoms. The van der Waals surface area contributed by atoms with E-state index in [4.69, 9.17) is 0 Å². The highest BCUT2D eigenvalue weighted by Gasteiger charge is 2.28. The Labute approximate surface area is 104 Å². The molecule has 2 aromatic heterocycles. The number of hydrogen-bond donors (Lipinski definition) is 1. The summed E-state index contributed by atoms with van der Waals surface area (Å²) in [5, 5.41) is 13.8. The van der Waals surface area contributed by atoms with Gasteiger partial charge in [-0.05, 0) is 18.8 Å². The van der Waals surface area contributed by atoms with Gasteiger partial charge in [-0.25, -0.2) is 14.3 Å². The van der Waals surface area contributed by atoms with Crippen molar-refractivity contribution in [2.24, 2.45) is 0 Å². The molecule has 1 fully saturated rings. The van der Waals surface area contributed by atoms with E-state index in [1.165, 1.54) is 19.0 Å². The molecule has 0 radical (unpaired) electrons. The van der Waals surface area contributed by atoms with Crippen molar-refractivity contribution < 1.29 is 9.90 Å². The van der Waals surface area contributed by atoms with Gasteiger partial charge in [0.2, 0.25) is 0 Å². The van der Waals surface area contributed by atoms with Crippen molar-refractivity contribution in [2.45, 2.75) is 38.5 Å². The Hall–Kier alpha value is -1.91. The Bertz CT molecular complexity index is 626. The Balaban J connectivity index is 2.26. The molecule has 1 aliphatic carbocycles. The van der Waals surface area contributed by atoms with Gasteiger partial charge in [0.25, 0.3) is 0 Å². The average molecular weight is 245 g/mol. The first-order valence-corrected chi connectivity index (χ1v) is 6.19. The number of hydrogen-bond acceptors (Lipinski definition) is 3. The third kappa shape index (κ3) is 1.66. The number of nitrogens with zero attached hydrogens (tertiary/aromatic N) is 3. The molecule has 0 atom stereocenters. The molecular formula is C13H15N3O2. The monoisotopic (exact) mass is 245 g/mol.